The summed E-state index contributed by atoms with van der Waals surface area (Å²) in [5.41, 5.74) is 4.82. The van der Waals surface area contributed by atoms with Crippen molar-refractivity contribution in [2.75, 3.05) is 5.73 Å². The third kappa shape index (κ3) is 2.11. The lowest BCUT2D eigenvalue weighted by Gasteiger charge is -2.07. The van der Waals surface area contributed by atoms with Crippen LogP contribution in [0.1, 0.15) is 22.3 Å². The number of rotatable bonds is 2. The van der Waals surface area contributed by atoms with Crippen molar-refractivity contribution in [2.24, 2.45) is 0 Å². The van der Waals surface area contributed by atoms with E-state index < -0.39 is 11.7 Å². The smallest absolute Gasteiger partial charge is 0.266 e. The van der Waals surface area contributed by atoms with Gasteiger partial charge in [0, 0.05) is 9.77 Å². The van der Waals surface area contributed by atoms with Crippen molar-refractivity contribution < 1.29 is 13.6 Å². The molecule has 0 saturated carbocycles. The lowest BCUT2D eigenvalue weighted by atomic mass is 10.2. The van der Waals surface area contributed by atoms with Crippen LogP contribution in [0.3, 0.4) is 0 Å². The van der Waals surface area contributed by atoms with Crippen molar-refractivity contribution in [3.63, 3.8) is 0 Å². The minimum absolute atomic E-state index is 0.0464. The van der Waals surface area contributed by atoms with Crippen molar-refractivity contribution in [1.29, 1.82) is 0 Å². The van der Waals surface area contributed by atoms with E-state index in [0.29, 0.717) is 0 Å². The summed E-state index contributed by atoms with van der Waals surface area (Å²) in [6, 6.07) is 0. The molecular weight excluding hydrogens is 328 g/mol. The fourth-order valence-electron chi connectivity index (χ4n) is 0.856. The zero-order valence-corrected chi connectivity index (χ0v) is 9.51. The van der Waals surface area contributed by atoms with Crippen molar-refractivity contribution in [3.05, 3.63) is 20.9 Å². The molecule has 1 aromatic heterocycles. The summed E-state index contributed by atoms with van der Waals surface area (Å²) in [4.78, 5) is 14.3. The van der Waals surface area contributed by atoms with Crippen LogP contribution in [0.2, 0.25) is 0 Å². The van der Waals surface area contributed by atoms with Crippen LogP contribution in [0.5, 0.6) is 0 Å². The molecule has 0 bridgehead atoms. The molecule has 1 heterocycles. The Balaban J connectivity index is 3.41. The Hall–Kier alpha value is -0.500. The first kappa shape index (κ1) is 11.6. The molecule has 0 fully saturated rings. The fourth-order valence-corrected chi connectivity index (χ4v) is 2.10. The summed E-state index contributed by atoms with van der Waals surface area (Å²) in [5, 5.41) is -0.887. The van der Waals surface area contributed by atoms with E-state index in [-0.39, 0.29) is 20.5 Å². The number of nitrogens with two attached hydrogens (primary N) is 1. The molecule has 0 saturated heterocycles. The zero-order valence-electron chi connectivity index (χ0n) is 6.60. The van der Waals surface area contributed by atoms with Gasteiger partial charge in [0.15, 0.2) is 0 Å². The molecule has 0 radical (unpaired) electrons. The lowest BCUT2D eigenvalue weighted by Crippen LogP contribution is -2.06. The van der Waals surface area contributed by atoms with E-state index in [1.807, 2.05) is 0 Å². The Morgan fingerprint density at radius 3 is 2.64 bits per heavy atom. The first-order chi connectivity index (χ1) is 6.45. The number of carbonyl (C=O) groups excluding carboxylic acids is 1. The topological polar surface area (TPSA) is 56.0 Å². The standard InChI is InChI=1S/C7H4ClF2IN2O/c8-5(14)3-4(11)2(6(9)10)1-13-7(3)12/h1,6H,(H2,12,13). The molecule has 76 valence electrons. The molecule has 0 aliphatic carbocycles. The number of hydrogen-bond acceptors (Lipinski definition) is 3. The van der Waals surface area contributed by atoms with Gasteiger partial charge in [-0.05, 0) is 34.2 Å². The number of pyridine rings is 1. The highest BCUT2D eigenvalue weighted by Gasteiger charge is 2.20. The first-order valence-corrected chi connectivity index (χ1v) is 4.82. The SMILES string of the molecule is Nc1ncc(C(F)F)c(I)c1C(=O)Cl. The number of aromatic nitrogens is 1. The van der Waals surface area contributed by atoms with Gasteiger partial charge in [-0.1, -0.05) is 0 Å². The van der Waals surface area contributed by atoms with Crippen molar-refractivity contribution in [3.8, 4) is 0 Å². The number of halogens is 4. The highest BCUT2D eigenvalue weighted by Crippen LogP contribution is 2.29. The predicted molar refractivity (Wildman–Crippen MR) is 56.5 cm³/mol. The van der Waals surface area contributed by atoms with Gasteiger partial charge in [-0.2, -0.15) is 0 Å². The van der Waals surface area contributed by atoms with E-state index in [1.165, 1.54) is 0 Å². The van der Waals surface area contributed by atoms with Crippen LogP contribution in [-0.2, 0) is 0 Å². The molecule has 0 aromatic carbocycles. The molecule has 1 rings (SSSR count). The number of hydrogen-bond donors (Lipinski definition) is 1. The van der Waals surface area contributed by atoms with E-state index in [4.69, 9.17) is 17.3 Å². The highest BCUT2D eigenvalue weighted by atomic mass is 127. The average Bonchev–Trinajstić information content (AvgIpc) is 2.02. The van der Waals surface area contributed by atoms with Gasteiger partial charge >= 0.3 is 0 Å². The van der Waals surface area contributed by atoms with Gasteiger partial charge in [0.25, 0.3) is 11.7 Å². The summed E-state index contributed by atoms with van der Waals surface area (Å²) in [5.74, 6) is -0.140. The number of nitrogens with zero attached hydrogens (tertiary/aromatic N) is 1. The lowest BCUT2D eigenvalue weighted by molar-refractivity contribution is 0.108. The van der Waals surface area contributed by atoms with Gasteiger partial charge in [0.05, 0.1) is 11.1 Å². The van der Waals surface area contributed by atoms with Gasteiger partial charge in [0.2, 0.25) is 0 Å². The number of nitrogen functional groups attached to an aromatic ring is 1. The Kier molecular flexibility index (Phi) is 3.59. The van der Waals surface area contributed by atoms with E-state index in [1.54, 1.807) is 22.6 Å². The molecule has 0 atom stereocenters. The molecule has 1 aromatic rings. The van der Waals surface area contributed by atoms with Crippen molar-refractivity contribution in [1.82, 2.24) is 4.98 Å². The molecule has 0 aliphatic rings. The van der Waals surface area contributed by atoms with E-state index in [9.17, 15) is 13.6 Å². The van der Waals surface area contributed by atoms with Gasteiger partial charge in [-0.15, -0.1) is 0 Å². The van der Waals surface area contributed by atoms with Gasteiger partial charge in [-0.3, -0.25) is 4.79 Å². The van der Waals surface area contributed by atoms with Crippen LogP contribution in [0.25, 0.3) is 0 Å². The average molecular weight is 332 g/mol. The molecule has 0 spiro atoms. The second kappa shape index (κ2) is 4.35. The minimum Gasteiger partial charge on any atom is -0.383 e. The van der Waals surface area contributed by atoms with Crippen LogP contribution in [0.4, 0.5) is 14.6 Å². The second-order valence-electron chi connectivity index (χ2n) is 2.36. The largest absolute Gasteiger partial charge is 0.383 e. The monoisotopic (exact) mass is 332 g/mol. The fraction of sp³-hybridized carbons (Fsp3) is 0.143. The van der Waals surface area contributed by atoms with Crippen LogP contribution >= 0.6 is 34.2 Å². The van der Waals surface area contributed by atoms with Crippen molar-refractivity contribution >= 4 is 45.3 Å². The quantitative estimate of drug-likeness (QED) is 0.669. The van der Waals surface area contributed by atoms with E-state index >= 15 is 0 Å². The molecule has 14 heavy (non-hydrogen) atoms. The Morgan fingerprint density at radius 2 is 2.21 bits per heavy atom. The van der Waals surface area contributed by atoms with Gasteiger partial charge in [0.1, 0.15) is 5.82 Å². The molecule has 0 unspecified atom stereocenters. The third-order valence-electron chi connectivity index (χ3n) is 1.50. The summed E-state index contributed by atoms with van der Waals surface area (Å²) in [6.45, 7) is 0. The number of carbonyl (C=O) groups is 1. The molecule has 3 nitrogen and oxygen atoms in total. The summed E-state index contributed by atoms with van der Waals surface area (Å²) >= 11 is 6.77. The molecule has 7 heteroatoms. The first-order valence-electron chi connectivity index (χ1n) is 3.37. The highest BCUT2D eigenvalue weighted by molar-refractivity contribution is 14.1. The van der Waals surface area contributed by atoms with Crippen LogP contribution < -0.4 is 5.73 Å². The maximum absolute atomic E-state index is 12.4. The third-order valence-corrected chi connectivity index (χ3v) is 2.85. The van der Waals surface area contributed by atoms with Crippen LogP contribution in [-0.4, -0.2) is 10.2 Å². The molecule has 0 amide bonds. The van der Waals surface area contributed by atoms with Crippen LogP contribution in [0.15, 0.2) is 6.20 Å². The normalized spacial score (nSPS) is 10.6. The van der Waals surface area contributed by atoms with Crippen LogP contribution in [0, 0.1) is 3.57 Å². The maximum Gasteiger partial charge on any atom is 0.266 e. The Morgan fingerprint density at radius 1 is 1.64 bits per heavy atom. The van der Waals surface area contributed by atoms with Gasteiger partial charge in [-0.25, -0.2) is 13.8 Å². The predicted octanol–water partition coefficient (Wildman–Crippen LogP) is 2.59. The van der Waals surface area contributed by atoms with Gasteiger partial charge < -0.3 is 5.73 Å². The minimum atomic E-state index is -2.70. The zero-order chi connectivity index (χ0) is 10.9. The van der Waals surface area contributed by atoms with E-state index in [2.05, 4.69) is 4.98 Å². The van der Waals surface area contributed by atoms with Crippen molar-refractivity contribution in [2.45, 2.75) is 6.43 Å². The molecule has 0 aliphatic heterocycles. The summed E-state index contributed by atoms with van der Waals surface area (Å²) < 4.78 is 24.8. The van der Waals surface area contributed by atoms with E-state index in [0.717, 1.165) is 6.20 Å². The number of alkyl halides is 2. The summed E-state index contributed by atoms with van der Waals surface area (Å²) in [7, 11) is 0. The Labute approximate surface area is 96.8 Å². The second-order valence-corrected chi connectivity index (χ2v) is 3.78. The Bertz CT molecular complexity index is 386. The maximum atomic E-state index is 12.4. The molecule has 2 N–H and O–H groups in total. The summed E-state index contributed by atoms with van der Waals surface area (Å²) in [6.07, 6.45) is -1.77. The molecular formula is C7H4ClF2IN2O. The number of anilines is 1.